The van der Waals surface area contributed by atoms with Gasteiger partial charge in [0.25, 0.3) is 0 Å². The normalized spacial score (nSPS) is 11.5. The van der Waals surface area contributed by atoms with Gasteiger partial charge in [-0.3, -0.25) is 0 Å². The third-order valence-electron chi connectivity index (χ3n) is 10.4. The molecular weight excluding hydrogens is 637 g/mol. The standard InChI is InChI=1S/C48H38N2S/c1-31-17-5-13-25-39(31)49(40-26-14-6-18-32(40)2)43-29-45-47(37-23-11-9-21-35(37)43)48-38-24-12-10-22-36(38)44(30-46(48)51-45)50(41-27-15-7-19-33(41)3)42-28-16-8-20-34(42)4/h5-30H,1-4H3. The van der Waals surface area contributed by atoms with Crippen LogP contribution in [0.25, 0.3) is 41.7 Å². The van der Waals surface area contributed by atoms with E-state index in [2.05, 4.69) is 195 Å². The molecule has 0 aliphatic carbocycles. The maximum absolute atomic E-state index is 2.47. The van der Waals surface area contributed by atoms with Crippen molar-refractivity contribution in [3.05, 3.63) is 180 Å². The lowest BCUT2D eigenvalue weighted by Gasteiger charge is -2.30. The summed E-state index contributed by atoms with van der Waals surface area (Å²) in [6.07, 6.45) is 0. The van der Waals surface area contributed by atoms with E-state index in [0.717, 1.165) is 0 Å². The summed E-state index contributed by atoms with van der Waals surface area (Å²) < 4.78 is 2.57. The smallest absolute Gasteiger partial charge is 0.0554 e. The van der Waals surface area contributed by atoms with Crippen LogP contribution in [0.2, 0.25) is 0 Å². The van der Waals surface area contributed by atoms with E-state index in [9.17, 15) is 0 Å². The second-order valence-electron chi connectivity index (χ2n) is 13.5. The molecule has 3 heteroatoms. The molecule has 0 radical (unpaired) electrons. The largest absolute Gasteiger partial charge is 0.309 e. The number of thiophene rings is 1. The Bertz CT molecular complexity index is 2490. The Morgan fingerprint density at radius 1 is 0.314 bits per heavy atom. The zero-order valence-corrected chi connectivity index (χ0v) is 30.1. The van der Waals surface area contributed by atoms with Crippen molar-refractivity contribution in [1.82, 2.24) is 0 Å². The molecule has 1 aromatic heterocycles. The Kier molecular flexibility index (Phi) is 7.60. The fourth-order valence-electron chi connectivity index (χ4n) is 7.86. The Hall–Kier alpha value is -5.90. The van der Waals surface area contributed by atoms with Gasteiger partial charge in [-0.25, -0.2) is 0 Å². The minimum atomic E-state index is 1.19. The molecule has 51 heavy (non-hydrogen) atoms. The van der Waals surface area contributed by atoms with E-state index < -0.39 is 0 Å². The highest BCUT2D eigenvalue weighted by atomic mass is 32.1. The average Bonchev–Trinajstić information content (AvgIpc) is 3.53. The first-order valence-corrected chi connectivity index (χ1v) is 18.4. The van der Waals surface area contributed by atoms with Crippen molar-refractivity contribution in [2.45, 2.75) is 27.7 Å². The van der Waals surface area contributed by atoms with E-state index in [1.54, 1.807) is 0 Å². The van der Waals surface area contributed by atoms with Crippen LogP contribution in [0.5, 0.6) is 0 Å². The second-order valence-corrected chi connectivity index (χ2v) is 14.6. The summed E-state index contributed by atoms with van der Waals surface area (Å²) in [5, 5.41) is 7.68. The van der Waals surface area contributed by atoms with Crippen LogP contribution in [0.4, 0.5) is 34.1 Å². The summed E-state index contributed by atoms with van der Waals surface area (Å²) in [4.78, 5) is 4.94. The molecule has 0 saturated heterocycles. The number of para-hydroxylation sites is 4. The zero-order chi connectivity index (χ0) is 34.6. The van der Waals surface area contributed by atoms with Crippen molar-refractivity contribution >= 4 is 87.2 Å². The number of hydrogen-bond acceptors (Lipinski definition) is 3. The first kappa shape index (κ1) is 31.1. The molecule has 2 nitrogen and oxygen atoms in total. The van der Waals surface area contributed by atoms with Gasteiger partial charge in [0.05, 0.1) is 11.4 Å². The highest BCUT2D eigenvalue weighted by Gasteiger charge is 2.24. The molecule has 0 atom stereocenters. The number of fused-ring (bicyclic) bond motifs is 7. The highest BCUT2D eigenvalue weighted by Crippen LogP contribution is 2.51. The quantitative estimate of drug-likeness (QED) is 0.173. The zero-order valence-electron chi connectivity index (χ0n) is 29.3. The molecule has 0 bridgehead atoms. The minimum Gasteiger partial charge on any atom is -0.309 e. The summed E-state index contributed by atoms with van der Waals surface area (Å²) in [6.45, 7) is 8.85. The number of rotatable bonds is 6. The summed E-state index contributed by atoms with van der Waals surface area (Å²) in [7, 11) is 0. The molecule has 0 N–H and O–H groups in total. The number of nitrogens with zero attached hydrogens (tertiary/aromatic N) is 2. The molecule has 0 fully saturated rings. The highest BCUT2D eigenvalue weighted by molar-refractivity contribution is 7.26. The topological polar surface area (TPSA) is 6.48 Å². The Balaban J connectivity index is 1.39. The van der Waals surface area contributed by atoms with Crippen LogP contribution in [-0.2, 0) is 0 Å². The molecular formula is C48H38N2S. The first-order valence-electron chi connectivity index (χ1n) is 17.6. The Morgan fingerprint density at radius 3 is 0.902 bits per heavy atom. The van der Waals surface area contributed by atoms with Crippen LogP contribution in [0.3, 0.4) is 0 Å². The van der Waals surface area contributed by atoms with E-state index in [-0.39, 0.29) is 0 Å². The average molecular weight is 675 g/mol. The summed E-state index contributed by atoms with van der Waals surface area (Å²) in [6, 6.07) is 57.8. The van der Waals surface area contributed by atoms with Crippen molar-refractivity contribution in [2.75, 3.05) is 9.80 Å². The number of hydrogen-bond donors (Lipinski definition) is 0. The van der Waals surface area contributed by atoms with Crippen molar-refractivity contribution in [2.24, 2.45) is 0 Å². The van der Waals surface area contributed by atoms with Crippen molar-refractivity contribution in [1.29, 1.82) is 0 Å². The lowest BCUT2D eigenvalue weighted by Crippen LogP contribution is -2.13. The van der Waals surface area contributed by atoms with E-state index in [1.165, 1.54) is 98.1 Å². The maximum Gasteiger partial charge on any atom is 0.0554 e. The van der Waals surface area contributed by atoms with Gasteiger partial charge in [-0.05, 0) is 97.1 Å². The fourth-order valence-corrected chi connectivity index (χ4v) is 9.07. The molecule has 0 unspecified atom stereocenters. The number of anilines is 6. The van der Waals surface area contributed by atoms with E-state index >= 15 is 0 Å². The van der Waals surface area contributed by atoms with Gasteiger partial charge in [-0.2, -0.15) is 0 Å². The van der Waals surface area contributed by atoms with Crippen LogP contribution in [0, 0.1) is 27.7 Å². The molecule has 1 heterocycles. The van der Waals surface area contributed by atoms with Gasteiger partial charge in [0.15, 0.2) is 0 Å². The molecule has 0 aliphatic rings. The van der Waals surface area contributed by atoms with Crippen LogP contribution in [-0.4, -0.2) is 0 Å². The summed E-state index contributed by atoms with van der Waals surface area (Å²) in [5.74, 6) is 0. The third kappa shape index (κ3) is 5.08. The maximum atomic E-state index is 2.47. The summed E-state index contributed by atoms with van der Waals surface area (Å²) >= 11 is 1.90. The van der Waals surface area contributed by atoms with Crippen molar-refractivity contribution in [3.8, 4) is 0 Å². The van der Waals surface area contributed by atoms with E-state index in [1.807, 2.05) is 11.3 Å². The first-order chi connectivity index (χ1) is 25.0. The lowest BCUT2D eigenvalue weighted by molar-refractivity contribution is 1.24. The van der Waals surface area contributed by atoms with E-state index in [4.69, 9.17) is 0 Å². The predicted octanol–water partition coefficient (Wildman–Crippen LogP) is 14.5. The number of benzene rings is 8. The SMILES string of the molecule is Cc1ccccc1N(c1ccccc1C)c1cc2sc3cc(N(c4ccccc4C)c4ccccc4C)c4ccccc4c3c2c2ccccc12. The Labute approximate surface area is 303 Å². The molecule has 0 amide bonds. The second kappa shape index (κ2) is 12.5. The summed E-state index contributed by atoms with van der Waals surface area (Å²) in [5.41, 5.74) is 12.1. The van der Waals surface area contributed by atoms with Crippen molar-refractivity contribution in [3.63, 3.8) is 0 Å². The van der Waals surface area contributed by atoms with Crippen LogP contribution in [0.15, 0.2) is 158 Å². The van der Waals surface area contributed by atoms with Gasteiger partial charge < -0.3 is 9.80 Å². The minimum absolute atomic E-state index is 1.19. The molecule has 246 valence electrons. The van der Waals surface area contributed by atoms with E-state index in [0.29, 0.717) is 0 Å². The van der Waals surface area contributed by atoms with Gasteiger partial charge in [-0.1, -0.05) is 121 Å². The van der Waals surface area contributed by atoms with Crippen molar-refractivity contribution < 1.29 is 0 Å². The fraction of sp³-hybridized carbons (Fsp3) is 0.0833. The van der Waals surface area contributed by atoms with Gasteiger partial charge in [-0.15, -0.1) is 11.3 Å². The third-order valence-corrected chi connectivity index (χ3v) is 11.4. The van der Waals surface area contributed by atoms with Crippen LogP contribution < -0.4 is 9.80 Å². The molecule has 8 aromatic carbocycles. The van der Waals surface area contributed by atoms with Crippen LogP contribution in [0.1, 0.15) is 22.3 Å². The van der Waals surface area contributed by atoms with Gasteiger partial charge in [0.2, 0.25) is 0 Å². The van der Waals surface area contributed by atoms with Crippen LogP contribution >= 0.6 is 11.3 Å². The molecule has 9 aromatic rings. The monoisotopic (exact) mass is 674 g/mol. The number of aryl methyl sites for hydroxylation is 4. The molecule has 9 rings (SSSR count). The van der Waals surface area contributed by atoms with Gasteiger partial charge in [0.1, 0.15) is 0 Å². The lowest BCUT2D eigenvalue weighted by atomic mass is 9.96. The van der Waals surface area contributed by atoms with Gasteiger partial charge in [0, 0.05) is 53.7 Å². The van der Waals surface area contributed by atoms with Gasteiger partial charge >= 0.3 is 0 Å². The molecule has 0 saturated carbocycles. The molecule has 0 aliphatic heterocycles. The molecule has 0 spiro atoms. The Morgan fingerprint density at radius 2 is 0.588 bits per heavy atom. The predicted molar refractivity (Wildman–Crippen MR) is 223 cm³/mol.